The number of carboxylic acids is 1. The molecule has 0 radical (unpaired) electrons. The number of ether oxygens (including phenoxy) is 5. The number of rotatable bonds is 21. The van der Waals surface area contributed by atoms with Crippen molar-refractivity contribution in [2.75, 3.05) is 52.6 Å². The number of pyridine rings is 1. The average Bonchev–Trinajstić information content (AvgIpc) is 4.02. The molecule has 2 aromatic rings. The summed E-state index contributed by atoms with van der Waals surface area (Å²) in [5.74, 6) is 1.66. The van der Waals surface area contributed by atoms with Crippen LogP contribution in [-0.4, -0.2) is 121 Å². The number of benzene rings is 1. The van der Waals surface area contributed by atoms with Crippen molar-refractivity contribution in [3.8, 4) is 17.4 Å². The maximum atomic E-state index is 14.4. The number of carboxylic acid groups (broad SMARTS) is 1. The van der Waals surface area contributed by atoms with Gasteiger partial charge in [-0.25, -0.2) is 9.78 Å². The minimum Gasteiger partial charge on any atom is -0.491 e. The van der Waals surface area contributed by atoms with Gasteiger partial charge in [0.2, 0.25) is 17.7 Å². The summed E-state index contributed by atoms with van der Waals surface area (Å²) in [5, 5.41) is 13.1. The third kappa shape index (κ3) is 10.7. The highest BCUT2D eigenvalue weighted by atomic mass is 35.5. The summed E-state index contributed by atoms with van der Waals surface area (Å²) >= 11 is 6.90. The Balaban J connectivity index is 1.00. The lowest BCUT2D eigenvalue weighted by Gasteiger charge is -2.28. The Morgan fingerprint density at radius 2 is 1.73 bits per heavy atom. The summed E-state index contributed by atoms with van der Waals surface area (Å²) in [6, 6.07) is 3.39. The second-order valence-corrected chi connectivity index (χ2v) is 17.9. The van der Waals surface area contributed by atoms with E-state index < -0.39 is 42.1 Å². The van der Waals surface area contributed by atoms with Crippen molar-refractivity contribution in [2.45, 2.75) is 109 Å². The number of unbranched alkanes of at least 4 members (excludes halogenated alkanes) is 3. The molecule has 7 rings (SSSR count). The van der Waals surface area contributed by atoms with Crippen LogP contribution >= 0.6 is 11.6 Å². The van der Waals surface area contributed by atoms with Gasteiger partial charge in [-0.1, -0.05) is 57.6 Å². The highest BCUT2D eigenvalue weighted by Gasteiger charge is 2.54. The number of halogens is 1. The molecule has 2 aliphatic heterocycles. The molecule has 3 heterocycles. The summed E-state index contributed by atoms with van der Waals surface area (Å²) < 4.78 is 29.7. The molecule has 4 N–H and O–H groups in total. The summed E-state index contributed by atoms with van der Waals surface area (Å²) in [4.78, 5) is 60.3. The summed E-state index contributed by atoms with van der Waals surface area (Å²) in [6.07, 6.45) is 5.82. The molecule has 3 amide bonds. The van der Waals surface area contributed by atoms with Crippen LogP contribution in [-0.2, 0) is 23.9 Å². The highest BCUT2D eigenvalue weighted by molar-refractivity contribution is 6.36. The monoisotopic (exact) mass is 855 g/mol. The Kier molecular flexibility index (Phi) is 14.5. The van der Waals surface area contributed by atoms with Crippen molar-refractivity contribution in [3.63, 3.8) is 0 Å². The van der Waals surface area contributed by atoms with E-state index in [9.17, 15) is 24.3 Å². The molecule has 10 atom stereocenters. The molecule has 5 aliphatic rings. The quantitative estimate of drug-likeness (QED) is 0.131. The molecular weight excluding hydrogens is 794 g/mol. The largest absolute Gasteiger partial charge is 0.491 e. The molecule has 60 heavy (non-hydrogen) atoms. The number of amides is 3. The van der Waals surface area contributed by atoms with Crippen LogP contribution in [0.2, 0.25) is 5.02 Å². The van der Waals surface area contributed by atoms with Gasteiger partial charge in [-0.3, -0.25) is 19.3 Å². The fraction of sp³-hybridized carbons (Fsp3) is 0.705. The number of alkyl carbamates (subject to hydrolysis) is 1. The zero-order chi connectivity index (χ0) is 42.5. The predicted octanol–water partition coefficient (Wildman–Crippen LogP) is 5.67. The topological polar surface area (TPSA) is 192 Å². The van der Waals surface area contributed by atoms with E-state index in [-0.39, 0.29) is 30.9 Å². The van der Waals surface area contributed by atoms with Gasteiger partial charge in [0.25, 0.3) is 0 Å². The number of carbonyl (C=O) groups excluding carboxylic acids is 3. The molecule has 1 aromatic carbocycles. The third-order valence-electron chi connectivity index (χ3n) is 13.5. The number of nitrogens with one attached hydrogen (secondary N) is 1. The van der Waals surface area contributed by atoms with Crippen LogP contribution < -0.4 is 25.3 Å². The van der Waals surface area contributed by atoms with E-state index in [1.165, 1.54) is 4.90 Å². The van der Waals surface area contributed by atoms with Gasteiger partial charge >= 0.3 is 12.1 Å². The van der Waals surface area contributed by atoms with Crippen LogP contribution in [0.25, 0.3) is 10.9 Å². The van der Waals surface area contributed by atoms with E-state index in [4.69, 9.17) is 41.0 Å². The van der Waals surface area contributed by atoms with Gasteiger partial charge in [-0.2, -0.15) is 0 Å². The first-order valence-electron chi connectivity index (χ1n) is 22.1. The number of morpholine rings is 1. The number of nitrogens with two attached hydrogens (primary N) is 1. The number of hydrogen-bond acceptors (Lipinski definition) is 11. The van der Waals surface area contributed by atoms with Crippen LogP contribution in [0.1, 0.15) is 85.0 Å². The smallest absolute Gasteiger partial charge is 0.408 e. The minimum atomic E-state index is -0.959. The zero-order valence-corrected chi connectivity index (χ0v) is 35.9. The SMILES string of the molecule is CCOc1cc(OC2C[C@@H](C(N)=O)N(C(=O)[C@H](CCCCCCC(C)[C@@H]3C[C@@H]3C(=O)O)NC(=O)O[C@@H]3C[C@@H]4[C@H](C)[C@@H]4C3)C2)c2ccc(OCCN3CCOCC3)c(Cl)c2n1. The molecular formula is C44H62ClN5O10. The zero-order valence-electron chi connectivity index (χ0n) is 35.2. The standard InChI is InChI=1S/C44H62ClN5O10/c1-4-57-38-23-37(29-11-12-36(39(45)40(29)48-38)58-18-15-49-13-16-56-17-14-49)59-28-21-35(41(46)51)50(24-28)42(52)34(47-44(55)60-27-19-31-26(3)32(31)20-27)10-8-6-5-7-9-25(2)30-22-33(30)43(53)54/h11-12,23,25-28,30-35H,4-10,13-22,24H2,1-3H3,(H2,46,51)(H,47,55)(H,53,54)/t25?,26-,27+,28?,30-,31+,32-,33-,34-,35-/m0/s1. The van der Waals surface area contributed by atoms with Crippen LogP contribution in [0, 0.1) is 35.5 Å². The van der Waals surface area contributed by atoms with E-state index in [2.05, 4.69) is 29.0 Å². The van der Waals surface area contributed by atoms with Gasteiger partial charge in [0.15, 0.2) is 0 Å². The van der Waals surface area contributed by atoms with Crippen molar-refractivity contribution >= 4 is 46.4 Å². The minimum absolute atomic E-state index is 0.0597. The van der Waals surface area contributed by atoms with Crippen molar-refractivity contribution < 1.29 is 48.0 Å². The number of aliphatic carboxylic acids is 1. The second-order valence-electron chi connectivity index (χ2n) is 17.5. The molecule has 2 saturated heterocycles. The van der Waals surface area contributed by atoms with E-state index in [1.807, 2.05) is 13.0 Å². The molecule has 2 unspecified atom stereocenters. The Bertz CT molecular complexity index is 1850. The maximum Gasteiger partial charge on any atom is 0.408 e. The molecule has 5 fully saturated rings. The highest BCUT2D eigenvalue weighted by Crippen LogP contribution is 2.57. The lowest BCUT2D eigenvalue weighted by atomic mass is 9.96. The normalized spacial score (nSPS) is 28.1. The Morgan fingerprint density at radius 1 is 1.00 bits per heavy atom. The lowest BCUT2D eigenvalue weighted by molar-refractivity contribution is -0.139. The lowest BCUT2D eigenvalue weighted by Crippen LogP contribution is -2.53. The van der Waals surface area contributed by atoms with Gasteiger partial charge in [0.05, 0.1) is 32.3 Å². The fourth-order valence-corrected chi connectivity index (χ4v) is 10.1. The average molecular weight is 856 g/mol. The Morgan fingerprint density at radius 3 is 2.42 bits per heavy atom. The number of carbonyl (C=O) groups is 4. The van der Waals surface area contributed by atoms with Crippen LogP contribution in [0.5, 0.6) is 17.4 Å². The van der Waals surface area contributed by atoms with Gasteiger partial charge in [-0.05, 0) is 74.3 Å². The van der Waals surface area contributed by atoms with Crippen LogP contribution in [0.15, 0.2) is 18.2 Å². The third-order valence-corrected chi connectivity index (χ3v) is 13.9. The first-order chi connectivity index (χ1) is 28.9. The molecule has 0 spiro atoms. The van der Waals surface area contributed by atoms with Crippen LogP contribution in [0.3, 0.4) is 0 Å². The molecule has 0 bridgehead atoms. The maximum absolute atomic E-state index is 14.4. The molecule has 16 heteroatoms. The second kappa shape index (κ2) is 19.7. The summed E-state index contributed by atoms with van der Waals surface area (Å²) in [7, 11) is 0. The molecule has 330 valence electrons. The van der Waals surface area contributed by atoms with Crippen molar-refractivity contribution in [1.82, 2.24) is 20.1 Å². The Labute approximate surface area is 357 Å². The van der Waals surface area contributed by atoms with Gasteiger partial charge in [0, 0.05) is 37.5 Å². The van der Waals surface area contributed by atoms with Gasteiger partial charge < -0.3 is 44.7 Å². The molecule has 3 aliphatic carbocycles. The molecule has 3 saturated carbocycles. The first-order valence-corrected chi connectivity index (χ1v) is 22.4. The number of hydrogen-bond donors (Lipinski definition) is 3. The first kappa shape index (κ1) is 44.0. The predicted molar refractivity (Wildman–Crippen MR) is 223 cm³/mol. The molecule has 1 aromatic heterocycles. The van der Waals surface area contributed by atoms with E-state index in [0.29, 0.717) is 96.2 Å². The van der Waals surface area contributed by atoms with Crippen molar-refractivity contribution in [1.29, 1.82) is 0 Å². The van der Waals surface area contributed by atoms with E-state index >= 15 is 0 Å². The summed E-state index contributed by atoms with van der Waals surface area (Å²) in [5.41, 5.74) is 6.36. The summed E-state index contributed by atoms with van der Waals surface area (Å²) in [6.45, 7) is 10.9. The Hall–Kier alpha value is -4.08. The fourth-order valence-electron chi connectivity index (χ4n) is 9.81. The van der Waals surface area contributed by atoms with Crippen LogP contribution in [0.4, 0.5) is 4.79 Å². The van der Waals surface area contributed by atoms with E-state index in [1.54, 1.807) is 12.1 Å². The molecule has 15 nitrogen and oxygen atoms in total. The number of primary amides is 1. The number of aromatic nitrogens is 1. The van der Waals surface area contributed by atoms with E-state index in [0.717, 1.165) is 64.6 Å². The number of nitrogens with zero attached hydrogens (tertiary/aromatic N) is 3. The van der Waals surface area contributed by atoms with Gasteiger partial charge in [-0.15, -0.1) is 0 Å². The number of likely N-dealkylation sites (tertiary alicyclic amines) is 1. The van der Waals surface area contributed by atoms with Crippen molar-refractivity contribution in [3.05, 3.63) is 23.2 Å². The van der Waals surface area contributed by atoms with Gasteiger partial charge in [0.1, 0.15) is 52.9 Å². The van der Waals surface area contributed by atoms with Crippen molar-refractivity contribution in [2.24, 2.45) is 41.2 Å². The number of fused-ring (bicyclic) bond motifs is 2.